The van der Waals surface area contributed by atoms with Crippen LogP contribution in [-0.2, 0) is 17.9 Å². The first-order chi connectivity index (χ1) is 13.8. The van der Waals surface area contributed by atoms with Gasteiger partial charge in [-0.3, -0.25) is 9.48 Å². The molecule has 28 heavy (non-hydrogen) atoms. The Hall–Kier alpha value is -3.60. The molecule has 4 rings (SSSR count). The van der Waals surface area contributed by atoms with Crippen molar-refractivity contribution in [2.45, 2.75) is 13.1 Å². The highest BCUT2D eigenvalue weighted by Gasteiger charge is 2.04. The zero-order valence-corrected chi connectivity index (χ0v) is 15.4. The van der Waals surface area contributed by atoms with Crippen molar-refractivity contribution in [3.63, 3.8) is 0 Å². The minimum absolute atomic E-state index is 0.00424. The number of carbonyl (C=O) groups excluding carboxylic acids is 1. The van der Waals surface area contributed by atoms with Gasteiger partial charge in [-0.15, -0.1) is 0 Å². The van der Waals surface area contributed by atoms with Crippen LogP contribution in [0.1, 0.15) is 11.1 Å². The van der Waals surface area contributed by atoms with Gasteiger partial charge in [0.1, 0.15) is 5.75 Å². The lowest BCUT2D eigenvalue weighted by molar-refractivity contribution is -0.123. The van der Waals surface area contributed by atoms with Crippen molar-refractivity contribution in [2.75, 3.05) is 6.61 Å². The molecule has 4 aromatic rings. The molecule has 3 aromatic carbocycles. The second-order valence-electron chi connectivity index (χ2n) is 6.59. The molecular formula is C23H21N3O2. The summed E-state index contributed by atoms with van der Waals surface area (Å²) in [6, 6.07) is 23.9. The molecule has 0 bridgehead atoms. The molecule has 0 aliphatic rings. The topological polar surface area (TPSA) is 56.1 Å². The number of ether oxygens (including phenoxy) is 1. The van der Waals surface area contributed by atoms with E-state index in [0.717, 1.165) is 22.9 Å². The second-order valence-corrected chi connectivity index (χ2v) is 6.59. The van der Waals surface area contributed by atoms with Gasteiger partial charge in [0.25, 0.3) is 5.91 Å². The van der Waals surface area contributed by atoms with Gasteiger partial charge >= 0.3 is 0 Å². The van der Waals surface area contributed by atoms with Gasteiger partial charge in [0.2, 0.25) is 0 Å². The van der Waals surface area contributed by atoms with E-state index in [0.29, 0.717) is 12.3 Å². The normalized spacial score (nSPS) is 10.7. The molecule has 5 nitrogen and oxygen atoms in total. The molecule has 0 aliphatic heterocycles. The highest BCUT2D eigenvalue weighted by Crippen LogP contribution is 2.20. The van der Waals surface area contributed by atoms with Crippen LogP contribution in [0.3, 0.4) is 0 Å². The molecule has 1 N–H and O–H groups in total. The Morgan fingerprint density at radius 3 is 2.50 bits per heavy atom. The number of amides is 1. The lowest BCUT2D eigenvalue weighted by Crippen LogP contribution is -2.28. The average molecular weight is 371 g/mol. The summed E-state index contributed by atoms with van der Waals surface area (Å²) < 4.78 is 7.50. The maximum absolute atomic E-state index is 12.1. The number of hydrogen-bond donors (Lipinski definition) is 1. The smallest absolute Gasteiger partial charge is 0.258 e. The molecule has 0 radical (unpaired) electrons. The SMILES string of the molecule is O=C(COc1ccc2ccccc2c1)NCc1ccc(Cn2cccn2)cc1. The van der Waals surface area contributed by atoms with Gasteiger partial charge in [0.15, 0.2) is 6.61 Å². The summed E-state index contributed by atoms with van der Waals surface area (Å²) in [5.41, 5.74) is 2.21. The molecule has 140 valence electrons. The molecule has 0 fully saturated rings. The number of nitrogens with one attached hydrogen (secondary N) is 1. The summed E-state index contributed by atoms with van der Waals surface area (Å²) in [7, 11) is 0. The first kappa shape index (κ1) is 17.8. The van der Waals surface area contributed by atoms with Crippen molar-refractivity contribution in [3.05, 3.63) is 96.3 Å². The third kappa shape index (κ3) is 4.57. The Bertz CT molecular complexity index is 1060. The molecule has 1 amide bonds. The standard InChI is InChI=1S/C23H21N3O2/c27-23(17-28-22-11-10-20-4-1-2-5-21(20)14-22)24-15-18-6-8-19(9-7-18)16-26-13-3-12-25-26/h1-14H,15-17H2,(H,24,27). The number of benzene rings is 3. The summed E-state index contributed by atoms with van der Waals surface area (Å²) in [6.07, 6.45) is 3.70. The van der Waals surface area contributed by atoms with Crippen molar-refractivity contribution in [1.82, 2.24) is 15.1 Å². The fraction of sp³-hybridized carbons (Fsp3) is 0.130. The molecule has 0 spiro atoms. The molecule has 1 aromatic heterocycles. The molecule has 0 saturated carbocycles. The lowest BCUT2D eigenvalue weighted by atomic mass is 10.1. The summed E-state index contributed by atoms with van der Waals surface area (Å²) in [4.78, 5) is 12.1. The number of nitrogens with zero attached hydrogens (tertiary/aromatic N) is 2. The van der Waals surface area contributed by atoms with Crippen LogP contribution in [-0.4, -0.2) is 22.3 Å². The molecule has 5 heteroatoms. The van der Waals surface area contributed by atoms with Crippen LogP contribution >= 0.6 is 0 Å². The van der Waals surface area contributed by atoms with Crippen LogP contribution in [0.15, 0.2) is 85.2 Å². The Balaban J connectivity index is 1.25. The van der Waals surface area contributed by atoms with Crippen LogP contribution in [0.2, 0.25) is 0 Å². The van der Waals surface area contributed by atoms with E-state index in [9.17, 15) is 4.79 Å². The minimum atomic E-state index is -0.145. The highest BCUT2D eigenvalue weighted by molar-refractivity contribution is 5.84. The van der Waals surface area contributed by atoms with E-state index < -0.39 is 0 Å². The number of carbonyl (C=O) groups is 1. The van der Waals surface area contributed by atoms with Gasteiger partial charge < -0.3 is 10.1 Å². The fourth-order valence-electron chi connectivity index (χ4n) is 3.00. The summed E-state index contributed by atoms with van der Waals surface area (Å²) in [6.45, 7) is 1.21. The Morgan fingerprint density at radius 2 is 1.71 bits per heavy atom. The highest BCUT2D eigenvalue weighted by atomic mass is 16.5. The third-order valence-electron chi connectivity index (χ3n) is 4.51. The van der Waals surface area contributed by atoms with Crippen LogP contribution in [0.5, 0.6) is 5.75 Å². The molecule has 0 saturated heterocycles. The van der Waals surface area contributed by atoms with E-state index in [1.165, 1.54) is 5.56 Å². The predicted molar refractivity (Wildman–Crippen MR) is 109 cm³/mol. The summed E-state index contributed by atoms with van der Waals surface area (Å²) in [5.74, 6) is 0.547. The van der Waals surface area contributed by atoms with E-state index in [1.807, 2.05) is 71.5 Å². The van der Waals surface area contributed by atoms with Gasteiger partial charge in [-0.25, -0.2) is 0 Å². The first-order valence-corrected chi connectivity index (χ1v) is 9.20. The minimum Gasteiger partial charge on any atom is -0.484 e. The van der Waals surface area contributed by atoms with E-state index >= 15 is 0 Å². The Morgan fingerprint density at radius 1 is 0.929 bits per heavy atom. The summed E-state index contributed by atoms with van der Waals surface area (Å²) in [5, 5.41) is 9.33. The van der Waals surface area contributed by atoms with E-state index in [1.54, 1.807) is 6.20 Å². The van der Waals surface area contributed by atoms with Crippen LogP contribution in [0.25, 0.3) is 10.8 Å². The molecular weight excluding hydrogens is 350 g/mol. The average Bonchev–Trinajstić information content (AvgIpc) is 3.24. The van der Waals surface area contributed by atoms with Gasteiger partial charge in [0, 0.05) is 18.9 Å². The molecule has 0 unspecified atom stereocenters. The number of rotatable bonds is 7. The van der Waals surface area contributed by atoms with Crippen molar-refractivity contribution in [2.24, 2.45) is 0 Å². The zero-order valence-electron chi connectivity index (χ0n) is 15.4. The first-order valence-electron chi connectivity index (χ1n) is 9.20. The second kappa shape index (κ2) is 8.39. The predicted octanol–water partition coefficient (Wildman–Crippen LogP) is 3.78. The van der Waals surface area contributed by atoms with E-state index in [4.69, 9.17) is 4.74 Å². The van der Waals surface area contributed by atoms with Crippen molar-refractivity contribution < 1.29 is 9.53 Å². The van der Waals surface area contributed by atoms with Crippen molar-refractivity contribution in [1.29, 1.82) is 0 Å². The zero-order chi connectivity index (χ0) is 19.2. The van der Waals surface area contributed by atoms with E-state index in [2.05, 4.69) is 22.5 Å². The maximum Gasteiger partial charge on any atom is 0.258 e. The number of fused-ring (bicyclic) bond motifs is 1. The summed E-state index contributed by atoms with van der Waals surface area (Å²) >= 11 is 0. The lowest BCUT2D eigenvalue weighted by Gasteiger charge is -2.09. The van der Waals surface area contributed by atoms with Gasteiger partial charge in [-0.1, -0.05) is 54.6 Å². The number of hydrogen-bond acceptors (Lipinski definition) is 3. The third-order valence-corrected chi connectivity index (χ3v) is 4.51. The quantitative estimate of drug-likeness (QED) is 0.538. The molecule has 0 atom stereocenters. The molecule has 1 heterocycles. The molecule has 0 aliphatic carbocycles. The van der Waals surface area contributed by atoms with E-state index in [-0.39, 0.29) is 12.5 Å². The van der Waals surface area contributed by atoms with Crippen molar-refractivity contribution >= 4 is 16.7 Å². The van der Waals surface area contributed by atoms with Gasteiger partial charge in [-0.05, 0) is 40.1 Å². The fourth-order valence-corrected chi connectivity index (χ4v) is 3.00. The maximum atomic E-state index is 12.1. The van der Waals surface area contributed by atoms with Gasteiger partial charge in [0.05, 0.1) is 6.54 Å². The van der Waals surface area contributed by atoms with Crippen LogP contribution in [0.4, 0.5) is 0 Å². The monoisotopic (exact) mass is 371 g/mol. The van der Waals surface area contributed by atoms with Crippen LogP contribution in [0, 0.1) is 0 Å². The Labute approximate surface area is 163 Å². The van der Waals surface area contributed by atoms with Gasteiger partial charge in [-0.2, -0.15) is 5.10 Å². The van der Waals surface area contributed by atoms with Crippen molar-refractivity contribution in [3.8, 4) is 5.75 Å². The largest absolute Gasteiger partial charge is 0.484 e. The number of aromatic nitrogens is 2. The Kier molecular flexibility index (Phi) is 5.33. The van der Waals surface area contributed by atoms with Crippen LogP contribution < -0.4 is 10.1 Å².